The van der Waals surface area contributed by atoms with Gasteiger partial charge in [0, 0.05) is 19.0 Å². The van der Waals surface area contributed by atoms with E-state index in [1.54, 1.807) is 0 Å². The molecule has 0 aromatic heterocycles. The Hall–Kier alpha value is -0.970. The van der Waals surface area contributed by atoms with Crippen LogP contribution in [0.5, 0.6) is 0 Å². The first-order valence-corrected chi connectivity index (χ1v) is 8.64. The molecule has 1 saturated carbocycles. The van der Waals surface area contributed by atoms with Crippen LogP contribution < -0.4 is 16.0 Å². The zero-order valence-corrected chi connectivity index (χ0v) is 15.7. The molecule has 2 aliphatic rings. The molecule has 136 valence electrons. The molecule has 3 rings (SSSR count). The van der Waals surface area contributed by atoms with Gasteiger partial charge in [-0.05, 0) is 56.7 Å². The van der Waals surface area contributed by atoms with Gasteiger partial charge in [-0.15, -0.1) is 24.8 Å². The average molecular weight is 374 g/mol. The number of para-hydroxylation sites is 2. The lowest BCUT2D eigenvalue weighted by molar-refractivity contribution is -0.120. The van der Waals surface area contributed by atoms with Gasteiger partial charge in [-0.2, -0.15) is 0 Å². The Morgan fingerprint density at radius 3 is 2.50 bits per heavy atom. The van der Waals surface area contributed by atoms with E-state index in [9.17, 15) is 4.79 Å². The zero-order chi connectivity index (χ0) is 15.4. The Morgan fingerprint density at radius 2 is 1.79 bits per heavy atom. The van der Waals surface area contributed by atoms with Crippen molar-refractivity contribution in [3.8, 4) is 0 Å². The topological polar surface area (TPSA) is 58.4 Å². The van der Waals surface area contributed by atoms with Crippen LogP contribution in [0.3, 0.4) is 0 Å². The number of carbonyl (C=O) groups excluding carboxylic acids is 1. The molecule has 1 aliphatic heterocycles. The molecule has 1 aromatic rings. The lowest BCUT2D eigenvalue weighted by Gasteiger charge is -2.31. The Bertz CT molecular complexity index is 521. The standard InChI is InChI=1S/C18H27N3O.2ClH/c19-13-14-7-6-8-15(14)18(22)20-16-9-2-3-10-17(16)21-11-4-1-5-12-21;;/h2-3,9-10,14-15H,1,4-8,11-13,19H2,(H,20,22);2*1H/t14-,15-;;/m1../s1. The SMILES string of the molecule is Cl.Cl.NC[C@H]1CCC[C@H]1C(=O)Nc1ccccc1N1CCCCC1. The van der Waals surface area contributed by atoms with Gasteiger partial charge in [-0.25, -0.2) is 0 Å². The minimum absolute atomic E-state index is 0. The molecule has 4 nitrogen and oxygen atoms in total. The fraction of sp³-hybridized carbons (Fsp3) is 0.611. The number of nitrogens with zero attached hydrogens (tertiary/aromatic N) is 1. The molecule has 0 unspecified atom stereocenters. The van der Waals surface area contributed by atoms with E-state index in [0.717, 1.165) is 43.7 Å². The number of hydrogen-bond acceptors (Lipinski definition) is 3. The molecule has 1 saturated heterocycles. The van der Waals surface area contributed by atoms with Crippen molar-refractivity contribution in [1.82, 2.24) is 0 Å². The highest BCUT2D eigenvalue weighted by molar-refractivity contribution is 5.96. The second kappa shape index (κ2) is 10.1. The van der Waals surface area contributed by atoms with Crippen LogP contribution in [0.15, 0.2) is 24.3 Å². The van der Waals surface area contributed by atoms with E-state index in [-0.39, 0.29) is 36.6 Å². The Morgan fingerprint density at radius 1 is 1.08 bits per heavy atom. The van der Waals surface area contributed by atoms with Gasteiger partial charge in [0.25, 0.3) is 0 Å². The smallest absolute Gasteiger partial charge is 0.227 e. The van der Waals surface area contributed by atoms with Gasteiger partial charge >= 0.3 is 0 Å². The van der Waals surface area contributed by atoms with Crippen LogP contribution in [0.1, 0.15) is 38.5 Å². The van der Waals surface area contributed by atoms with Crippen LogP contribution in [0, 0.1) is 11.8 Å². The molecule has 3 N–H and O–H groups in total. The van der Waals surface area contributed by atoms with Crippen LogP contribution in [-0.2, 0) is 4.79 Å². The zero-order valence-electron chi connectivity index (χ0n) is 14.1. The molecular formula is C18H29Cl2N3O. The molecule has 1 aromatic carbocycles. The van der Waals surface area contributed by atoms with Crippen molar-refractivity contribution in [1.29, 1.82) is 0 Å². The van der Waals surface area contributed by atoms with E-state index in [1.165, 1.54) is 19.3 Å². The minimum Gasteiger partial charge on any atom is -0.370 e. The lowest BCUT2D eigenvalue weighted by Crippen LogP contribution is -2.32. The van der Waals surface area contributed by atoms with Gasteiger partial charge in [0.2, 0.25) is 5.91 Å². The van der Waals surface area contributed by atoms with Crippen LogP contribution >= 0.6 is 24.8 Å². The summed E-state index contributed by atoms with van der Waals surface area (Å²) < 4.78 is 0. The van der Waals surface area contributed by atoms with Gasteiger partial charge < -0.3 is 16.0 Å². The second-order valence-electron chi connectivity index (χ2n) is 6.59. The monoisotopic (exact) mass is 373 g/mol. The first kappa shape index (κ1) is 21.1. The molecule has 0 bridgehead atoms. The predicted octanol–water partition coefficient (Wildman–Crippen LogP) is 3.83. The maximum Gasteiger partial charge on any atom is 0.227 e. The number of rotatable bonds is 4. The number of nitrogens with two attached hydrogens (primary N) is 1. The maximum absolute atomic E-state index is 12.6. The number of halogens is 2. The summed E-state index contributed by atoms with van der Waals surface area (Å²) >= 11 is 0. The molecule has 1 amide bonds. The van der Waals surface area contributed by atoms with E-state index in [2.05, 4.69) is 22.3 Å². The highest BCUT2D eigenvalue weighted by Crippen LogP contribution is 2.34. The summed E-state index contributed by atoms with van der Waals surface area (Å²) in [6.07, 6.45) is 6.96. The lowest BCUT2D eigenvalue weighted by atomic mass is 9.95. The van der Waals surface area contributed by atoms with Crippen molar-refractivity contribution in [3.63, 3.8) is 0 Å². The highest BCUT2D eigenvalue weighted by atomic mass is 35.5. The molecular weight excluding hydrogens is 345 g/mol. The van der Waals surface area contributed by atoms with E-state index >= 15 is 0 Å². The largest absolute Gasteiger partial charge is 0.370 e. The fourth-order valence-electron chi connectivity index (χ4n) is 3.88. The molecule has 1 heterocycles. The van der Waals surface area contributed by atoms with Crippen molar-refractivity contribution in [2.45, 2.75) is 38.5 Å². The maximum atomic E-state index is 12.6. The van der Waals surface area contributed by atoms with Crippen LogP contribution in [-0.4, -0.2) is 25.5 Å². The first-order valence-electron chi connectivity index (χ1n) is 8.64. The number of carbonyl (C=O) groups is 1. The molecule has 2 fully saturated rings. The number of amides is 1. The van der Waals surface area contributed by atoms with Crippen molar-refractivity contribution in [3.05, 3.63) is 24.3 Å². The van der Waals surface area contributed by atoms with Crippen molar-refractivity contribution in [2.75, 3.05) is 29.9 Å². The number of anilines is 2. The van der Waals surface area contributed by atoms with Gasteiger partial charge in [-0.1, -0.05) is 18.6 Å². The van der Waals surface area contributed by atoms with Gasteiger partial charge in [0.1, 0.15) is 0 Å². The predicted molar refractivity (Wildman–Crippen MR) is 106 cm³/mol. The second-order valence-corrected chi connectivity index (χ2v) is 6.59. The molecule has 0 spiro atoms. The van der Waals surface area contributed by atoms with Crippen LogP contribution in [0.25, 0.3) is 0 Å². The Kier molecular flexibility index (Phi) is 8.88. The van der Waals surface area contributed by atoms with E-state index in [4.69, 9.17) is 5.73 Å². The van der Waals surface area contributed by atoms with E-state index < -0.39 is 0 Å². The van der Waals surface area contributed by atoms with Gasteiger partial charge in [0.15, 0.2) is 0 Å². The van der Waals surface area contributed by atoms with Crippen molar-refractivity contribution in [2.24, 2.45) is 17.6 Å². The average Bonchev–Trinajstić information content (AvgIpc) is 3.05. The fourth-order valence-corrected chi connectivity index (χ4v) is 3.88. The number of nitrogens with one attached hydrogen (secondary N) is 1. The third-order valence-corrected chi connectivity index (χ3v) is 5.16. The third-order valence-electron chi connectivity index (χ3n) is 5.16. The summed E-state index contributed by atoms with van der Waals surface area (Å²) in [6.45, 7) is 2.79. The summed E-state index contributed by atoms with van der Waals surface area (Å²) in [7, 11) is 0. The highest BCUT2D eigenvalue weighted by Gasteiger charge is 2.32. The summed E-state index contributed by atoms with van der Waals surface area (Å²) in [5, 5.41) is 3.18. The number of hydrogen-bond donors (Lipinski definition) is 2. The molecule has 6 heteroatoms. The molecule has 2 atom stereocenters. The van der Waals surface area contributed by atoms with Crippen molar-refractivity contribution >= 4 is 42.1 Å². The quantitative estimate of drug-likeness (QED) is 0.842. The first-order chi connectivity index (χ1) is 10.8. The summed E-state index contributed by atoms with van der Waals surface area (Å²) in [5.74, 6) is 0.582. The van der Waals surface area contributed by atoms with Gasteiger partial charge in [0.05, 0.1) is 11.4 Å². The molecule has 24 heavy (non-hydrogen) atoms. The van der Waals surface area contributed by atoms with E-state index in [1.807, 2.05) is 12.1 Å². The number of benzene rings is 1. The summed E-state index contributed by atoms with van der Waals surface area (Å²) in [5.41, 5.74) is 7.93. The van der Waals surface area contributed by atoms with Gasteiger partial charge in [-0.3, -0.25) is 4.79 Å². The Labute approximate surface area is 157 Å². The summed E-state index contributed by atoms with van der Waals surface area (Å²) in [4.78, 5) is 15.0. The van der Waals surface area contributed by atoms with Crippen LogP contribution in [0.2, 0.25) is 0 Å². The third kappa shape index (κ3) is 4.78. The van der Waals surface area contributed by atoms with Crippen molar-refractivity contribution < 1.29 is 4.79 Å². The molecule has 1 aliphatic carbocycles. The minimum atomic E-state index is 0. The molecule has 0 radical (unpaired) electrons. The van der Waals surface area contributed by atoms with E-state index in [0.29, 0.717) is 12.5 Å². The summed E-state index contributed by atoms with van der Waals surface area (Å²) in [6, 6.07) is 8.19. The van der Waals surface area contributed by atoms with Crippen LogP contribution in [0.4, 0.5) is 11.4 Å². The normalized spacial score (nSPS) is 23.1. The number of piperidine rings is 1. The Balaban J connectivity index is 0.00000144.